The molecule has 0 radical (unpaired) electrons. The molecule has 2 N–H and O–H groups in total. The van der Waals surface area contributed by atoms with Crippen molar-refractivity contribution in [1.82, 2.24) is 10.2 Å². The zero-order valence-electron chi connectivity index (χ0n) is 23.4. The molecule has 0 unspecified atom stereocenters. The number of benzene rings is 3. The van der Waals surface area contributed by atoms with Gasteiger partial charge in [-0.25, -0.2) is 0 Å². The van der Waals surface area contributed by atoms with Crippen LogP contribution >= 0.6 is 24.8 Å². The highest BCUT2D eigenvalue weighted by molar-refractivity contribution is 5.94. The maximum absolute atomic E-state index is 13.2. The number of carbonyl (C=O) groups is 1. The van der Waals surface area contributed by atoms with Gasteiger partial charge in [-0.2, -0.15) is 0 Å². The number of rotatable bonds is 8. The molecule has 3 aromatic rings. The highest BCUT2D eigenvalue weighted by Crippen LogP contribution is 2.27. The number of aromatic hydroxyl groups is 1. The molecule has 6 nitrogen and oxygen atoms in total. The van der Waals surface area contributed by atoms with Crippen LogP contribution in [0, 0.1) is 19.8 Å². The number of hydrogen-bond donors (Lipinski definition) is 2. The molecular weight excluding hydrogens is 533 g/mol. The molecule has 0 bridgehead atoms. The van der Waals surface area contributed by atoms with Gasteiger partial charge in [0.25, 0.3) is 5.91 Å². The number of hydrogen-bond acceptors (Lipinski definition) is 5. The summed E-state index contributed by atoms with van der Waals surface area (Å²) in [4.78, 5) is 18.0. The number of phenolic OH excluding ortho intramolecular Hbond substituents is 1. The van der Waals surface area contributed by atoms with E-state index in [4.69, 9.17) is 4.74 Å². The molecule has 1 amide bonds. The molecule has 4 rings (SSSR count). The first-order valence-corrected chi connectivity index (χ1v) is 13.1. The first kappa shape index (κ1) is 32.3. The van der Waals surface area contributed by atoms with Crippen molar-refractivity contribution < 1.29 is 14.6 Å². The van der Waals surface area contributed by atoms with E-state index in [1.165, 1.54) is 0 Å². The summed E-state index contributed by atoms with van der Waals surface area (Å²) in [5, 5.41) is 13.1. The highest BCUT2D eigenvalue weighted by atomic mass is 35.5. The summed E-state index contributed by atoms with van der Waals surface area (Å²) in [6, 6.07) is 21.3. The molecule has 2 atom stereocenters. The fraction of sp³-hybridized carbons (Fsp3) is 0.387. The van der Waals surface area contributed by atoms with Gasteiger partial charge in [0.15, 0.2) is 0 Å². The number of nitrogens with one attached hydrogen (secondary N) is 1. The van der Waals surface area contributed by atoms with E-state index in [9.17, 15) is 9.90 Å². The Morgan fingerprint density at radius 2 is 1.77 bits per heavy atom. The van der Waals surface area contributed by atoms with E-state index in [0.717, 1.165) is 54.5 Å². The maximum atomic E-state index is 13.2. The van der Waals surface area contributed by atoms with Crippen LogP contribution < -0.4 is 15.0 Å². The van der Waals surface area contributed by atoms with Gasteiger partial charge >= 0.3 is 0 Å². The van der Waals surface area contributed by atoms with Crippen molar-refractivity contribution in [3.8, 4) is 17.2 Å². The minimum absolute atomic E-state index is 0. The standard InChI is InChI=1S/C31H39N3O3.2ClH/c1-21(2)29(20-33-14-15-34(24(5)19-33)26-9-7-10-27(35)18-26)32-31(36)25-12-13-30(23(4)17-25)37-28-11-6-8-22(3)16-28;;/h6-13,16-18,21,24,29,35H,14-15,19-20H2,1-5H3,(H,32,36);2*1H/t24-,29+;;/m0../s1. The minimum atomic E-state index is -0.0599. The minimum Gasteiger partial charge on any atom is -0.508 e. The largest absolute Gasteiger partial charge is 0.508 e. The molecule has 1 saturated heterocycles. The lowest BCUT2D eigenvalue weighted by Crippen LogP contribution is -2.56. The number of ether oxygens (including phenoxy) is 1. The quantitative estimate of drug-likeness (QED) is 0.317. The monoisotopic (exact) mass is 573 g/mol. The number of carbonyl (C=O) groups excluding carboxylic acids is 1. The second-order valence-corrected chi connectivity index (χ2v) is 10.5. The molecule has 1 aliphatic heterocycles. The van der Waals surface area contributed by atoms with Crippen molar-refractivity contribution in [2.45, 2.75) is 46.7 Å². The van der Waals surface area contributed by atoms with Crippen molar-refractivity contribution in [3.05, 3.63) is 83.4 Å². The van der Waals surface area contributed by atoms with Crippen LogP contribution in [0.1, 0.15) is 42.3 Å². The summed E-state index contributed by atoms with van der Waals surface area (Å²) in [5.41, 5.74) is 3.75. The van der Waals surface area contributed by atoms with Crippen LogP contribution in [0.3, 0.4) is 0 Å². The van der Waals surface area contributed by atoms with E-state index in [0.29, 0.717) is 23.3 Å². The number of halogens is 2. The molecule has 0 aromatic heterocycles. The number of piperazine rings is 1. The molecule has 1 aliphatic rings. The van der Waals surface area contributed by atoms with E-state index in [1.807, 2.05) is 74.5 Å². The van der Waals surface area contributed by atoms with E-state index >= 15 is 0 Å². The summed E-state index contributed by atoms with van der Waals surface area (Å²) >= 11 is 0. The second-order valence-electron chi connectivity index (χ2n) is 10.5. The zero-order chi connectivity index (χ0) is 26.5. The molecule has 8 heteroatoms. The lowest BCUT2D eigenvalue weighted by molar-refractivity contribution is 0.0903. The average Bonchev–Trinajstić information content (AvgIpc) is 2.85. The van der Waals surface area contributed by atoms with Crippen LogP contribution in [-0.4, -0.2) is 54.2 Å². The summed E-state index contributed by atoms with van der Waals surface area (Å²) < 4.78 is 6.05. The van der Waals surface area contributed by atoms with Crippen LogP contribution in [0.4, 0.5) is 5.69 Å². The Hall–Kier alpha value is -2.93. The van der Waals surface area contributed by atoms with Gasteiger partial charge in [-0.05, 0) is 80.3 Å². The molecule has 3 aromatic carbocycles. The second kappa shape index (κ2) is 14.5. The van der Waals surface area contributed by atoms with E-state index < -0.39 is 0 Å². The van der Waals surface area contributed by atoms with Gasteiger partial charge in [-0.1, -0.05) is 32.0 Å². The maximum Gasteiger partial charge on any atom is 0.251 e. The van der Waals surface area contributed by atoms with Crippen molar-refractivity contribution in [2.75, 3.05) is 31.1 Å². The molecule has 212 valence electrons. The molecular formula is C31H41Cl2N3O3. The van der Waals surface area contributed by atoms with Crippen molar-refractivity contribution in [1.29, 1.82) is 0 Å². The van der Waals surface area contributed by atoms with Crippen molar-refractivity contribution >= 4 is 36.4 Å². The van der Waals surface area contributed by atoms with Gasteiger partial charge in [-0.3, -0.25) is 9.69 Å². The summed E-state index contributed by atoms with van der Waals surface area (Å²) in [5.74, 6) is 2.07. The van der Waals surface area contributed by atoms with Gasteiger partial charge < -0.3 is 20.1 Å². The van der Waals surface area contributed by atoms with Crippen molar-refractivity contribution in [2.24, 2.45) is 5.92 Å². The summed E-state index contributed by atoms with van der Waals surface area (Å²) in [7, 11) is 0. The predicted molar refractivity (Wildman–Crippen MR) is 164 cm³/mol. The smallest absolute Gasteiger partial charge is 0.251 e. The Balaban J connectivity index is 0.00000267. The van der Waals surface area contributed by atoms with E-state index in [2.05, 4.69) is 35.9 Å². The van der Waals surface area contributed by atoms with E-state index in [1.54, 1.807) is 6.07 Å². The van der Waals surface area contributed by atoms with Gasteiger partial charge in [-0.15, -0.1) is 24.8 Å². The lowest BCUT2D eigenvalue weighted by atomic mass is 10.0. The SMILES string of the molecule is Cc1cccc(Oc2ccc(C(=O)N[C@H](CN3CCN(c4cccc(O)c4)[C@@H](C)C3)C(C)C)cc2C)c1.Cl.Cl. The third-order valence-corrected chi connectivity index (χ3v) is 7.10. The van der Waals surface area contributed by atoms with Crippen LogP contribution in [0.25, 0.3) is 0 Å². The number of anilines is 1. The van der Waals surface area contributed by atoms with Crippen LogP contribution in [0.2, 0.25) is 0 Å². The molecule has 1 heterocycles. The van der Waals surface area contributed by atoms with Crippen LogP contribution in [0.15, 0.2) is 66.7 Å². The molecule has 39 heavy (non-hydrogen) atoms. The van der Waals surface area contributed by atoms with Crippen molar-refractivity contribution in [3.63, 3.8) is 0 Å². The fourth-order valence-corrected chi connectivity index (χ4v) is 4.92. The Labute approximate surface area is 245 Å². The number of amides is 1. The molecule has 1 fully saturated rings. The number of aryl methyl sites for hydroxylation is 2. The lowest BCUT2D eigenvalue weighted by Gasteiger charge is -2.42. The third-order valence-electron chi connectivity index (χ3n) is 7.10. The number of nitrogens with zero attached hydrogens (tertiary/aromatic N) is 2. The molecule has 0 saturated carbocycles. The predicted octanol–water partition coefficient (Wildman–Crippen LogP) is 6.61. The summed E-state index contributed by atoms with van der Waals surface area (Å²) in [6.45, 7) is 14.0. The van der Waals surface area contributed by atoms with Gasteiger partial charge in [0, 0.05) is 55.6 Å². The van der Waals surface area contributed by atoms with Crippen LogP contribution in [0.5, 0.6) is 17.2 Å². The normalized spacial score (nSPS) is 16.2. The van der Waals surface area contributed by atoms with E-state index in [-0.39, 0.29) is 36.8 Å². The fourth-order valence-electron chi connectivity index (χ4n) is 4.92. The Morgan fingerprint density at radius 1 is 1.03 bits per heavy atom. The van der Waals surface area contributed by atoms with Gasteiger partial charge in [0.1, 0.15) is 17.2 Å². The molecule has 0 spiro atoms. The van der Waals surface area contributed by atoms with Gasteiger partial charge in [0.2, 0.25) is 0 Å². The third kappa shape index (κ3) is 8.53. The zero-order valence-corrected chi connectivity index (χ0v) is 25.0. The van der Waals surface area contributed by atoms with Crippen LogP contribution in [-0.2, 0) is 0 Å². The highest BCUT2D eigenvalue weighted by Gasteiger charge is 2.27. The average molecular weight is 575 g/mol. The Bertz CT molecular complexity index is 1240. The first-order chi connectivity index (χ1) is 17.7. The summed E-state index contributed by atoms with van der Waals surface area (Å²) in [6.07, 6.45) is 0. The first-order valence-electron chi connectivity index (χ1n) is 13.1. The Morgan fingerprint density at radius 3 is 2.41 bits per heavy atom. The topological polar surface area (TPSA) is 65.0 Å². The number of phenols is 1. The van der Waals surface area contributed by atoms with Gasteiger partial charge in [0.05, 0.1) is 0 Å². The molecule has 0 aliphatic carbocycles. The Kier molecular flexibility index (Phi) is 12.0.